The first-order valence-electron chi connectivity index (χ1n) is 7.60. The minimum Gasteiger partial charge on any atom is -0.368 e. The number of benzene rings is 1. The van der Waals surface area contributed by atoms with Gasteiger partial charge in [-0.1, -0.05) is 12.1 Å². The van der Waals surface area contributed by atoms with E-state index in [-0.39, 0.29) is 18.0 Å². The van der Waals surface area contributed by atoms with Crippen LogP contribution in [0.15, 0.2) is 24.3 Å². The molecule has 3 nitrogen and oxygen atoms in total. The lowest BCUT2D eigenvalue weighted by Crippen LogP contribution is -2.43. The predicted molar refractivity (Wildman–Crippen MR) is 75.8 cm³/mol. The van der Waals surface area contributed by atoms with Crippen LogP contribution in [0, 0.1) is 5.92 Å². The normalized spacial score (nSPS) is 24.4. The van der Waals surface area contributed by atoms with Gasteiger partial charge >= 0.3 is 6.18 Å². The van der Waals surface area contributed by atoms with E-state index in [9.17, 15) is 18.0 Å². The van der Waals surface area contributed by atoms with E-state index in [1.165, 1.54) is 0 Å². The summed E-state index contributed by atoms with van der Waals surface area (Å²) in [6, 6.07) is 5.04. The molecule has 1 heterocycles. The number of rotatable bonds is 4. The lowest BCUT2D eigenvalue weighted by Gasteiger charge is -2.32. The Balaban J connectivity index is 1.87. The fourth-order valence-corrected chi connectivity index (χ4v) is 3.44. The van der Waals surface area contributed by atoms with Crippen molar-refractivity contribution in [3.63, 3.8) is 0 Å². The zero-order valence-corrected chi connectivity index (χ0v) is 12.1. The molecule has 2 atom stereocenters. The molecule has 0 bridgehead atoms. The topological polar surface area (TPSA) is 46.3 Å². The van der Waals surface area contributed by atoms with Gasteiger partial charge in [0.15, 0.2) is 0 Å². The van der Waals surface area contributed by atoms with Crippen molar-refractivity contribution in [1.82, 2.24) is 4.90 Å². The Morgan fingerprint density at radius 2 is 1.82 bits per heavy atom. The fourth-order valence-electron chi connectivity index (χ4n) is 3.44. The maximum absolute atomic E-state index is 12.7. The van der Waals surface area contributed by atoms with Crippen molar-refractivity contribution < 1.29 is 18.0 Å². The van der Waals surface area contributed by atoms with Gasteiger partial charge in [0.2, 0.25) is 5.91 Å². The molecule has 1 aliphatic carbocycles. The monoisotopic (exact) mass is 312 g/mol. The number of likely N-dealkylation sites (tertiary alicyclic amines) is 1. The zero-order chi connectivity index (χ0) is 15.9. The molecule has 0 unspecified atom stereocenters. The molecule has 120 valence electrons. The lowest BCUT2D eigenvalue weighted by molar-refractivity contribution is -0.137. The largest absolute Gasteiger partial charge is 0.416 e. The van der Waals surface area contributed by atoms with Crippen molar-refractivity contribution in [2.45, 2.75) is 43.9 Å². The molecular weight excluding hydrogens is 293 g/mol. The van der Waals surface area contributed by atoms with Crippen LogP contribution in [0.2, 0.25) is 0 Å². The molecule has 2 N–H and O–H groups in total. The number of carbonyl (C=O) groups excluding carboxylic acids is 1. The highest BCUT2D eigenvalue weighted by molar-refractivity contribution is 5.80. The van der Waals surface area contributed by atoms with Crippen LogP contribution in [0.25, 0.3) is 0 Å². The standard InChI is InChI=1S/C16H19F3N2O/c17-16(18,19)12-7-5-11(6-8-12)14(10-3-4-10)21-9-1-2-13(21)15(20)22/h5-8,10,13-14H,1-4,9H2,(H2,20,22)/t13-,14+/m1/s1. The summed E-state index contributed by atoms with van der Waals surface area (Å²) in [5.41, 5.74) is 5.69. The molecule has 1 amide bonds. The molecule has 1 saturated carbocycles. The molecule has 0 spiro atoms. The number of alkyl halides is 3. The molecule has 1 aromatic rings. The van der Waals surface area contributed by atoms with E-state index in [0.29, 0.717) is 5.92 Å². The maximum Gasteiger partial charge on any atom is 0.416 e. The van der Waals surface area contributed by atoms with Crippen molar-refractivity contribution in [3.8, 4) is 0 Å². The zero-order valence-electron chi connectivity index (χ0n) is 12.1. The highest BCUT2D eigenvalue weighted by Gasteiger charge is 2.42. The first-order chi connectivity index (χ1) is 10.4. The number of hydrogen-bond donors (Lipinski definition) is 1. The van der Waals surface area contributed by atoms with Crippen molar-refractivity contribution >= 4 is 5.91 Å². The van der Waals surface area contributed by atoms with Crippen molar-refractivity contribution in [3.05, 3.63) is 35.4 Å². The predicted octanol–water partition coefficient (Wildman–Crippen LogP) is 3.11. The first-order valence-corrected chi connectivity index (χ1v) is 7.60. The molecule has 2 fully saturated rings. The number of nitrogens with two attached hydrogens (primary N) is 1. The van der Waals surface area contributed by atoms with E-state index in [1.807, 2.05) is 0 Å². The van der Waals surface area contributed by atoms with Crippen LogP contribution in [-0.2, 0) is 11.0 Å². The summed E-state index contributed by atoms with van der Waals surface area (Å²) in [6.45, 7) is 0.774. The summed E-state index contributed by atoms with van der Waals surface area (Å²) in [5, 5.41) is 0. The van der Waals surface area contributed by atoms with E-state index < -0.39 is 11.7 Å². The molecule has 6 heteroatoms. The number of primary amides is 1. The number of nitrogens with zero attached hydrogens (tertiary/aromatic N) is 1. The fraction of sp³-hybridized carbons (Fsp3) is 0.562. The van der Waals surface area contributed by atoms with Crippen LogP contribution < -0.4 is 5.73 Å². The van der Waals surface area contributed by atoms with Crippen LogP contribution in [0.1, 0.15) is 42.9 Å². The van der Waals surface area contributed by atoms with E-state index in [0.717, 1.165) is 49.9 Å². The van der Waals surface area contributed by atoms with Crippen LogP contribution in [0.3, 0.4) is 0 Å². The first kappa shape index (κ1) is 15.3. The van der Waals surface area contributed by atoms with Crippen molar-refractivity contribution in [2.24, 2.45) is 11.7 Å². The van der Waals surface area contributed by atoms with Crippen LogP contribution in [0.4, 0.5) is 13.2 Å². The highest BCUT2D eigenvalue weighted by atomic mass is 19.4. The average molecular weight is 312 g/mol. The van der Waals surface area contributed by atoms with Gasteiger partial charge in [0, 0.05) is 6.04 Å². The second-order valence-electron chi connectivity index (χ2n) is 6.20. The van der Waals surface area contributed by atoms with Gasteiger partial charge in [0.05, 0.1) is 11.6 Å². The van der Waals surface area contributed by atoms with E-state index in [2.05, 4.69) is 4.90 Å². The molecule has 3 rings (SSSR count). The highest BCUT2D eigenvalue weighted by Crippen LogP contribution is 2.47. The summed E-state index contributed by atoms with van der Waals surface area (Å²) in [6.07, 6.45) is -0.588. The Hall–Kier alpha value is -1.56. The Bertz CT molecular complexity index is 552. The van der Waals surface area contributed by atoms with Gasteiger partial charge in [-0.25, -0.2) is 0 Å². The van der Waals surface area contributed by atoms with Gasteiger partial charge in [-0.15, -0.1) is 0 Å². The number of amides is 1. The van der Waals surface area contributed by atoms with Gasteiger partial charge in [0.1, 0.15) is 0 Å². The summed E-state index contributed by atoms with van der Waals surface area (Å²) in [4.78, 5) is 13.7. The Kier molecular flexibility index (Phi) is 3.89. The minimum absolute atomic E-state index is 0.00211. The summed E-state index contributed by atoms with van der Waals surface area (Å²) < 4.78 is 38.1. The Morgan fingerprint density at radius 1 is 1.18 bits per heavy atom. The summed E-state index contributed by atoms with van der Waals surface area (Å²) in [5.74, 6) is 0.0757. The number of halogens is 3. The minimum atomic E-state index is -4.32. The summed E-state index contributed by atoms with van der Waals surface area (Å²) in [7, 11) is 0. The lowest BCUT2D eigenvalue weighted by atomic mass is 9.98. The molecule has 1 aromatic carbocycles. The van der Waals surface area contributed by atoms with Gasteiger partial charge in [-0.2, -0.15) is 13.2 Å². The van der Waals surface area contributed by atoms with Crippen LogP contribution in [-0.4, -0.2) is 23.4 Å². The quantitative estimate of drug-likeness (QED) is 0.928. The third-order valence-corrected chi connectivity index (χ3v) is 4.63. The molecular formula is C16H19F3N2O. The third-order valence-electron chi connectivity index (χ3n) is 4.63. The SMILES string of the molecule is NC(=O)[C@H]1CCCN1[C@H](c1ccc(C(F)(F)F)cc1)C1CC1. The third kappa shape index (κ3) is 2.97. The van der Waals surface area contributed by atoms with Gasteiger partial charge in [0.25, 0.3) is 0 Å². The molecule has 0 radical (unpaired) electrons. The van der Waals surface area contributed by atoms with Crippen LogP contribution >= 0.6 is 0 Å². The second-order valence-corrected chi connectivity index (χ2v) is 6.20. The van der Waals surface area contributed by atoms with Gasteiger partial charge < -0.3 is 5.73 Å². The van der Waals surface area contributed by atoms with Crippen molar-refractivity contribution in [1.29, 1.82) is 0 Å². The van der Waals surface area contributed by atoms with Gasteiger partial charge in [-0.05, 0) is 55.8 Å². The smallest absolute Gasteiger partial charge is 0.368 e. The van der Waals surface area contributed by atoms with E-state index in [1.54, 1.807) is 12.1 Å². The van der Waals surface area contributed by atoms with E-state index in [4.69, 9.17) is 5.73 Å². The Morgan fingerprint density at radius 3 is 2.32 bits per heavy atom. The summed E-state index contributed by atoms with van der Waals surface area (Å²) >= 11 is 0. The van der Waals surface area contributed by atoms with Crippen LogP contribution in [0.5, 0.6) is 0 Å². The second kappa shape index (κ2) is 5.57. The maximum atomic E-state index is 12.7. The molecule has 1 saturated heterocycles. The van der Waals surface area contributed by atoms with E-state index >= 15 is 0 Å². The Labute approximate surface area is 127 Å². The molecule has 1 aliphatic heterocycles. The number of carbonyl (C=O) groups is 1. The molecule has 0 aromatic heterocycles. The molecule has 22 heavy (non-hydrogen) atoms. The number of hydrogen-bond acceptors (Lipinski definition) is 2. The van der Waals surface area contributed by atoms with Crippen molar-refractivity contribution in [2.75, 3.05) is 6.54 Å². The average Bonchev–Trinajstić information content (AvgIpc) is 3.15. The molecule has 2 aliphatic rings. The van der Waals surface area contributed by atoms with Gasteiger partial charge in [-0.3, -0.25) is 9.69 Å².